The standard InChI is InChI=1S/C14H15BrN4O/c1-16-13-8-17-12(7-18-13)14(20)19(2)9-10-3-5-11(15)6-4-10/h3-8H,9H2,1-2H3,(H,16,18). The molecule has 0 aliphatic carbocycles. The monoisotopic (exact) mass is 334 g/mol. The molecule has 20 heavy (non-hydrogen) atoms. The van der Waals surface area contributed by atoms with Crippen LogP contribution in [0, 0.1) is 0 Å². The largest absolute Gasteiger partial charge is 0.372 e. The predicted octanol–water partition coefficient (Wildman–Crippen LogP) is 2.55. The molecule has 0 atom stereocenters. The molecular weight excluding hydrogens is 320 g/mol. The Morgan fingerprint density at radius 1 is 1.25 bits per heavy atom. The minimum absolute atomic E-state index is 0.150. The van der Waals surface area contributed by atoms with Gasteiger partial charge in [0.25, 0.3) is 5.91 Å². The lowest BCUT2D eigenvalue weighted by Crippen LogP contribution is -2.27. The minimum Gasteiger partial charge on any atom is -0.372 e. The SMILES string of the molecule is CNc1cnc(C(=O)N(C)Cc2ccc(Br)cc2)cn1. The zero-order valence-corrected chi connectivity index (χ0v) is 12.9. The van der Waals surface area contributed by atoms with E-state index in [0.717, 1.165) is 10.0 Å². The Labute approximate surface area is 126 Å². The maximum Gasteiger partial charge on any atom is 0.274 e. The molecule has 2 rings (SSSR count). The minimum atomic E-state index is -0.150. The molecule has 1 N–H and O–H groups in total. The molecule has 1 aromatic carbocycles. The van der Waals surface area contributed by atoms with Gasteiger partial charge in [0.1, 0.15) is 11.5 Å². The van der Waals surface area contributed by atoms with Crippen molar-refractivity contribution in [1.29, 1.82) is 0 Å². The second kappa shape index (κ2) is 6.47. The lowest BCUT2D eigenvalue weighted by atomic mass is 10.2. The van der Waals surface area contributed by atoms with E-state index in [0.29, 0.717) is 18.1 Å². The van der Waals surface area contributed by atoms with E-state index < -0.39 is 0 Å². The van der Waals surface area contributed by atoms with Gasteiger partial charge in [-0.2, -0.15) is 0 Å². The Bertz CT molecular complexity index is 583. The van der Waals surface area contributed by atoms with Crippen LogP contribution in [0.2, 0.25) is 0 Å². The average molecular weight is 335 g/mol. The fraction of sp³-hybridized carbons (Fsp3) is 0.214. The Balaban J connectivity index is 2.05. The summed E-state index contributed by atoms with van der Waals surface area (Å²) in [7, 11) is 3.50. The van der Waals surface area contributed by atoms with Gasteiger partial charge in [0.05, 0.1) is 12.4 Å². The second-order valence-electron chi connectivity index (χ2n) is 4.32. The molecule has 5 nitrogen and oxygen atoms in total. The van der Waals surface area contributed by atoms with E-state index in [4.69, 9.17) is 0 Å². The molecule has 0 bridgehead atoms. The third-order valence-electron chi connectivity index (χ3n) is 2.81. The number of aromatic nitrogens is 2. The van der Waals surface area contributed by atoms with Crippen LogP contribution in [0.25, 0.3) is 0 Å². The van der Waals surface area contributed by atoms with E-state index in [1.807, 2.05) is 24.3 Å². The molecule has 0 aliphatic heterocycles. The molecule has 0 saturated heterocycles. The number of anilines is 1. The summed E-state index contributed by atoms with van der Waals surface area (Å²) in [6, 6.07) is 7.86. The van der Waals surface area contributed by atoms with Crippen molar-refractivity contribution in [2.75, 3.05) is 19.4 Å². The van der Waals surface area contributed by atoms with E-state index in [1.165, 1.54) is 6.20 Å². The lowest BCUT2D eigenvalue weighted by molar-refractivity contribution is 0.0779. The van der Waals surface area contributed by atoms with Crippen molar-refractivity contribution >= 4 is 27.7 Å². The Kier molecular flexibility index (Phi) is 4.68. The van der Waals surface area contributed by atoms with E-state index in [1.54, 1.807) is 25.2 Å². The van der Waals surface area contributed by atoms with Crippen LogP contribution < -0.4 is 5.32 Å². The third kappa shape index (κ3) is 3.54. The summed E-state index contributed by atoms with van der Waals surface area (Å²) in [6.07, 6.45) is 3.02. The molecule has 0 spiro atoms. The van der Waals surface area contributed by atoms with Crippen LogP contribution in [0.4, 0.5) is 5.82 Å². The first-order valence-corrected chi connectivity index (χ1v) is 6.89. The number of nitrogens with one attached hydrogen (secondary N) is 1. The number of carbonyl (C=O) groups excluding carboxylic acids is 1. The summed E-state index contributed by atoms with van der Waals surface area (Å²) < 4.78 is 1.02. The van der Waals surface area contributed by atoms with Crippen LogP contribution in [-0.4, -0.2) is 34.9 Å². The Morgan fingerprint density at radius 3 is 2.50 bits per heavy atom. The molecule has 0 unspecified atom stereocenters. The molecule has 1 amide bonds. The van der Waals surface area contributed by atoms with Gasteiger partial charge in [-0.1, -0.05) is 28.1 Å². The summed E-state index contributed by atoms with van der Waals surface area (Å²) in [6.45, 7) is 0.529. The van der Waals surface area contributed by atoms with Crippen molar-refractivity contribution in [3.8, 4) is 0 Å². The Hall–Kier alpha value is -1.95. The van der Waals surface area contributed by atoms with Crippen LogP contribution in [-0.2, 0) is 6.54 Å². The van der Waals surface area contributed by atoms with Gasteiger partial charge in [-0.25, -0.2) is 9.97 Å². The average Bonchev–Trinajstić information content (AvgIpc) is 2.49. The highest BCUT2D eigenvalue weighted by Gasteiger charge is 2.13. The smallest absolute Gasteiger partial charge is 0.274 e. The van der Waals surface area contributed by atoms with E-state index in [2.05, 4.69) is 31.2 Å². The fourth-order valence-electron chi connectivity index (χ4n) is 1.70. The number of hydrogen-bond donors (Lipinski definition) is 1. The number of benzene rings is 1. The molecular formula is C14H15BrN4O. The van der Waals surface area contributed by atoms with Crippen molar-refractivity contribution in [2.24, 2.45) is 0 Å². The van der Waals surface area contributed by atoms with Gasteiger partial charge in [0.2, 0.25) is 0 Å². The fourth-order valence-corrected chi connectivity index (χ4v) is 1.96. The van der Waals surface area contributed by atoms with Crippen LogP contribution in [0.1, 0.15) is 16.1 Å². The van der Waals surface area contributed by atoms with E-state index >= 15 is 0 Å². The first-order chi connectivity index (χ1) is 9.60. The highest BCUT2D eigenvalue weighted by atomic mass is 79.9. The van der Waals surface area contributed by atoms with Crippen molar-refractivity contribution in [1.82, 2.24) is 14.9 Å². The molecule has 0 fully saturated rings. The van der Waals surface area contributed by atoms with Gasteiger partial charge >= 0.3 is 0 Å². The summed E-state index contributed by atoms with van der Waals surface area (Å²) in [4.78, 5) is 22.0. The lowest BCUT2D eigenvalue weighted by Gasteiger charge is -2.16. The van der Waals surface area contributed by atoms with Gasteiger partial charge in [-0.3, -0.25) is 4.79 Å². The molecule has 1 aromatic heterocycles. The third-order valence-corrected chi connectivity index (χ3v) is 3.34. The topological polar surface area (TPSA) is 58.1 Å². The molecule has 0 aliphatic rings. The number of halogens is 1. The zero-order valence-electron chi connectivity index (χ0n) is 11.3. The molecule has 2 aromatic rings. The van der Waals surface area contributed by atoms with Crippen molar-refractivity contribution < 1.29 is 4.79 Å². The molecule has 0 radical (unpaired) electrons. The maximum atomic E-state index is 12.2. The molecule has 6 heteroatoms. The van der Waals surface area contributed by atoms with Crippen molar-refractivity contribution in [3.05, 3.63) is 52.4 Å². The first-order valence-electron chi connectivity index (χ1n) is 6.10. The number of hydrogen-bond acceptors (Lipinski definition) is 4. The van der Waals surface area contributed by atoms with Gasteiger partial charge in [0, 0.05) is 25.1 Å². The van der Waals surface area contributed by atoms with Crippen LogP contribution >= 0.6 is 15.9 Å². The number of carbonyl (C=O) groups is 1. The van der Waals surface area contributed by atoms with Gasteiger partial charge in [-0.05, 0) is 17.7 Å². The first kappa shape index (κ1) is 14.5. The number of rotatable bonds is 4. The van der Waals surface area contributed by atoms with Crippen LogP contribution in [0.15, 0.2) is 41.1 Å². The highest BCUT2D eigenvalue weighted by molar-refractivity contribution is 9.10. The summed E-state index contributed by atoms with van der Waals surface area (Å²) >= 11 is 3.39. The summed E-state index contributed by atoms with van der Waals surface area (Å²) in [5, 5.41) is 2.86. The van der Waals surface area contributed by atoms with Crippen molar-refractivity contribution in [2.45, 2.75) is 6.54 Å². The number of amides is 1. The highest BCUT2D eigenvalue weighted by Crippen LogP contribution is 2.12. The van der Waals surface area contributed by atoms with Crippen LogP contribution in [0.5, 0.6) is 0 Å². The molecule has 1 heterocycles. The Morgan fingerprint density at radius 2 is 1.95 bits per heavy atom. The van der Waals surface area contributed by atoms with Crippen LogP contribution in [0.3, 0.4) is 0 Å². The quantitative estimate of drug-likeness (QED) is 0.933. The van der Waals surface area contributed by atoms with Gasteiger partial charge < -0.3 is 10.2 Å². The second-order valence-corrected chi connectivity index (χ2v) is 5.24. The predicted molar refractivity (Wildman–Crippen MR) is 81.5 cm³/mol. The van der Waals surface area contributed by atoms with E-state index in [-0.39, 0.29) is 5.91 Å². The van der Waals surface area contributed by atoms with Crippen molar-refractivity contribution in [3.63, 3.8) is 0 Å². The van der Waals surface area contributed by atoms with Gasteiger partial charge in [0.15, 0.2) is 0 Å². The number of nitrogens with zero attached hydrogens (tertiary/aromatic N) is 3. The molecule has 104 valence electrons. The zero-order chi connectivity index (χ0) is 14.5. The van der Waals surface area contributed by atoms with E-state index in [9.17, 15) is 4.79 Å². The molecule has 0 saturated carbocycles. The maximum absolute atomic E-state index is 12.2. The van der Waals surface area contributed by atoms with Gasteiger partial charge in [-0.15, -0.1) is 0 Å². The summed E-state index contributed by atoms with van der Waals surface area (Å²) in [5.74, 6) is 0.486. The summed E-state index contributed by atoms with van der Waals surface area (Å²) in [5.41, 5.74) is 1.40. The normalized spacial score (nSPS) is 10.2.